The molecule has 0 atom stereocenters. The van der Waals surface area contributed by atoms with Gasteiger partial charge in [-0.25, -0.2) is 0 Å². The molecule has 4 nitrogen and oxygen atoms in total. The van der Waals surface area contributed by atoms with E-state index in [2.05, 4.69) is 15.0 Å². The summed E-state index contributed by atoms with van der Waals surface area (Å²) in [6, 6.07) is 17.1. The maximum Gasteiger partial charge on any atom is 0.251 e. The number of pyridine rings is 1. The zero-order valence-electron chi connectivity index (χ0n) is 14.2. The summed E-state index contributed by atoms with van der Waals surface area (Å²) in [5.41, 5.74) is 3.40. The Bertz CT molecular complexity index is 885. The second-order valence-electron chi connectivity index (χ2n) is 5.76. The molecule has 1 aromatic heterocycles. The third-order valence-corrected chi connectivity index (χ3v) is 4.86. The molecule has 2 N–H and O–H groups in total. The van der Waals surface area contributed by atoms with Crippen molar-refractivity contribution in [3.05, 3.63) is 88.7 Å². The summed E-state index contributed by atoms with van der Waals surface area (Å²) >= 11 is 7.70. The average molecular weight is 384 g/mol. The first kappa shape index (κ1) is 18.3. The topological polar surface area (TPSA) is 54.0 Å². The lowest BCUT2D eigenvalue weighted by molar-refractivity contribution is 0.0951. The van der Waals surface area contributed by atoms with Crippen LogP contribution in [0, 0.1) is 6.92 Å². The van der Waals surface area contributed by atoms with E-state index < -0.39 is 0 Å². The SMILES string of the molecule is Cc1ccc(SNc2cc(C(=O)NCc3cccnc3)ccc2Cl)cc1. The van der Waals surface area contributed by atoms with Crippen molar-refractivity contribution >= 4 is 35.1 Å². The molecule has 1 amide bonds. The minimum Gasteiger partial charge on any atom is -0.348 e. The fourth-order valence-corrected chi connectivity index (χ4v) is 3.14. The molecule has 132 valence electrons. The molecule has 2 aromatic carbocycles. The number of hydrogen-bond acceptors (Lipinski definition) is 4. The van der Waals surface area contributed by atoms with Gasteiger partial charge >= 0.3 is 0 Å². The van der Waals surface area contributed by atoms with Crippen molar-refractivity contribution in [2.45, 2.75) is 18.4 Å². The highest BCUT2D eigenvalue weighted by molar-refractivity contribution is 8.00. The van der Waals surface area contributed by atoms with Crippen molar-refractivity contribution in [3.63, 3.8) is 0 Å². The molecule has 3 rings (SSSR count). The van der Waals surface area contributed by atoms with Gasteiger partial charge in [0.1, 0.15) is 0 Å². The molecule has 0 aliphatic carbocycles. The Kier molecular flexibility index (Phi) is 6.15. The summed E-state index contributed by atoms with van der Waals surface area (Å²) in [6.07, 6.45) is 3.43. The number of aryl methyl sites for hydroxylation is 1. The monoisotopic (exact) mass is 383 g/mol. The van der Waals surface area contributed by atoms with Crippen molar-refractivity contribution in [1.29, 1.82) is 0 Å². The molecule has 0 saturated heterocycles. The largest absolute Gasteiger partial charge is 0.348 e. The highest BCUT2D eigenvalue weighted by Gasteiger charge is 2.09. The summed E-state index contributed by atoms with van der Waals surface area (Å²) in [5, 5.41) is 3.45. The van der Waals surface area contributed by atoms with E-state index in [1.54, 1.807) is 30.6 Å². The maximum atomic E-state index is 12.4. The number of aromatic nitrogens is 1. The molecule has 0 radical (unpaired) electrons. The van der Waals surface area contributed by atoms with E-state index in [-0.39, 0.29) is 5.91 Å². The predicted molar refractivity (Wildman–Crippen MR) is 108 cm³/mol. The zero-order chi connectivity index (χ0) is 18.4. The first-order valence-corrected chi connectivity index (χ1v) is 9.27. The molecule has 0 fully saturated rings. The third kappa shape index (κ3) is 5.00. The van der Waals surface area contributed by atoms with E-state index in [4.69, 9.17) is 11.6 Å². The van der Waals surface area contributed by atoms with Gasteiger partial charge in [0.25, 0.3) is 5.91 Å². The van der Waals surface area contributed by atoms with Gasteiger partial charge in [0.15, 0.2) is 0 Å². The maximum absolute atomic E-state index is 12.4. The van der Waals surface area contributed by atoms with Crippen molar-refractivity contribution < 1.29 is 4.79 Å². The predicted octanol–water partition coefficient (Wildman–Crippen LogP) is 5.09. The van der Waals surface area contributed by atoms with Gasteiger partial charge in [-0.05, 0) is 60.8 Å². The van der Waals surface area contributed by atoms with Crippen LogP contribution in [0.2, 0.25) is 5.02 Å². The van der Waals surface area contributed by atoms with Crippen LogP contribution in [0.5, 0.6) is 0 Å². The number of anilines is 1. The molecule has 0 saturated carbocycles. The number of carbonyl (C=O) groups is 1. The normalized spacial score (nSPS) is 10.4. The van der Waals surface area contributed by atoms with Crippen LogP contribution in [0.25, 0.3) is 0 Å². The summed E-state index contributed by atoms with van der Waals surface area (Å²) in [4.78, 5) is 17.5. The molecule has 0 aliphatic heterocycles. The molecule has 1 heterocycles. The van der Waals surface area contributed by atoms with E-state index in [0.717, 1.165) is 10.5 Å². The standard InChI is InChI=1S/C20H18ClN3OS/c1-14-4-7-17(8-5-14)26-24-19-11-16(6-9-18(19)21)20(25)23-13-15-3-2-10-22-12-15/h2-12,24H,13H2,1H3,(H,23,25). The Morgan fingerprint density at radius 1 is 1.15 bits per heavy atom. The molecular weight excluding hydrogens is 366 g/mol. The first-order valence-electron chi connectivity index (χ1n) is 8.08. The van der Waals surface area contributed by atoms with E-state index >= 15 is 0 Å². The van der Waals surface area contributed by atoms with Crippen molar-refractivity contribution in [3.8, 4) is 0 Å². The van der Waals surface area contributed by atoms with Crippen molar-refractivity contribution in [1.82, 2.24) is 10.3 Å². The van der Waals surface area contributed by atoms with E-state index in [1.807, 2.05) is 43.3 Å². The van der Waals surface area contributed by atoms with Gasteiger partial charge in [-0.3, -0.25) is 9.78 Å². The molecule has 0 bridgehead atoms. The van der Waals surface area contributed by atoms with Gasteiger partial charge in [0.05, 0.1) is 10.7 Å². The zero-order valence-corrected chi connectivity index (χ0v) is 15.8. The Morgan fingerprint density at radius 3 is 2.69 bits per heavy atom. The fraction of sp³-hybridized carbons (Fsp3) is 0.100. The summed E-state index contributed by atoms with van der Waals surface area (Å²) in [5.74, 6) is -0.158. The molecule has 6 heteroatoms. The molecular formula is C20H18ClN3OS. The van der Waals surface area contributed by atoms with E-state index in [1.165, 1.54) is 17.5 Å². The molecule has 3 aromatic rings. The number of nitrogens with one attached hydrogen (secondary N) is 2. The molecule has 0 unspecified atom stereocenters. The fourth-order valence-electron chi connectivity index (χ4n) is 2.25. The van der Waals surface area contributed by atoms with Gasteiger partial charge < -0.3 is 10.0 Å². The Balaban J connectivity index is 1.64. The lowest BCUT2D eigenvalue weighted by Crippen LogP contribution is -2.22. The highest BCUT2D eigenvalue weighted by Crippen LogP contribution is 2.28. The lowest BCUT2D eigenvalue weighted by atomic mass is 10.2. The summed E-state index contributed by atoms with van der Waals surface area (Å²) < 4.78 is 3.21. The van der Waals surface area contributed by atoms with Gasteiger partial charge in [-0.2, -0.15) is 0 Å². The molecule has 26 heavy (non-hydrogen) atoms. The second kappa shape index (κ2) is 8.74. The van der Waals surface area contributed by atoms with E-state index in [9.17, 15) is 4.79 Å². The number of hydrogen-bond donors (Lipinski definition) is 2. The van der Waals surface area contributed by atoms with Gasteiger partial charge in [-0.15, -0.1) is 0 Å². The molecule has 0 spiro atoms. The Hall–Kier alpha value is -2.50. The van der Waals surface area contributed by atoms with Crippen molar-refractivity contribution in [2.24, 2.45) is 0 Å². The summed E-state index contributed by atoms with van der Waals surface area (Å²) in [7, 11) is 0. The smallest absolute Gasteiger partial charge is 0.251 e. The average Bonchev–Trinajstić information content (AvgIpc) is 2.67. The Morgan fingerprint density at radius 2 is 1.96 bits per heavy atom. The quantitative estimate of drug-likeness (QED) is 0.582. The first-order chi connectivity index (χ1) is 12.6. The van der Waals surface area contributed by atoms with Gasteiger partial charge in [0, 0.05) is 29.4 Å². The lowest BCUT2D eigenvalue weighted by Gasteiger charge is -2.10. The minimum atomic E-state index is -0.158. The van der Waals surface area contributed by atoms with Crippen LogP contribution in [-0.4, -0.2) is 10.9 Å². The van der Waals surface area contributed by atoms with Crippen LogP contribution in [0.1, 0.15) is 21.5 Å². The van der Waals surface area contributed by atoms with Gasteiger partial charge in [0.2, 0.25) is 0 Å². The van der Waals surface area contributed by atoms with Crippen LogP contribution >= 0.6 is 23.5 Å². The number of halogens is 1. The van der Waals surface area contributed by atoms with Crippen LogP contribution in [-0.2, 0) is 6.54 Å². The number of benzene rings is 2. The van der Waals surface area contributed by atoms with Crippen molar-refractivity contribution in [2.75, 3.05) is 4.72 Å². The molecule has 0 aliphatic rings. The minimum absolute atomic E-state index is 0.158. The van der Waals surface area contributed by atoms with Crippen LogP contribution < -0.4 is 10.0 Å². The number of amides is 1. The van der Waals surface area contributed by atoms with Crippen LogP contribution in [0.3, 0.4) is 0 Å². The Labute approximate surface area is 162 Å². The van der Waals surface area contributed by atoms with E-state index in [0.29, 0.717) is 22.8 Å². The number of carbonyl (C=O) groups excluding carboxylic acids is 1. The number of rotatable bonds is 6. The second-order valence-corrected chi connectivity index (χ2v) is 7.04. The third-order valence-electron chi connectivity index (χ3n) is 3.70. The highest BCUT2D eigenvalue weighted by atomic mass is 35.5. The van der Waals surface area contributed by atoms with Crippen LogP contribution in [0.15, 0.2) is 71.9 Å². The van der Waals surface area contributed by atoms with Gasteiger partial charge in [-0.1, -0.05) is 35.4 Å². The summed E-state index contributed by atoms with van der Waals surface area (Å²) in [6.45, 7) is 2.47. The van der Waals surface area contributed by atoms with Crippen LogP contribution in [0.4, 0.5) is 5.69 Å². The number of nitrogens with zero attached hydrogens (tertiary/aromatic N) is 1.